The first-order chi connectivity index (χ1) is 5.40. The summed E-state index contributed by atoms with van der Waals surface area (Å²) < 4.78 is 24.3. The van der Waals surface area contributed by atoms with Crippen molar-refractivity contribution < 1.29 is 8.42 Å². The summed E-state index contributed by atoms with van der Waals surface area (Å²) in [6.07, 6.45) is 3.23. The van der Waals surface area contributed by atoms with Crippen LogP contribution in [0.15, 0.2) is 0 Å². The highest BCUT2D eigenvalue weighted by Gasteiger charge is 2.16. The molecule has 0 aliphatic carbocycles. The quantitative estimate of drug-likeness (QED) is 0.716. The summed E-state index contributed by atoms with van der Waals surface area (Å²) in [5, 5.41) is 0. The van der Waals surface area contributed by atoms with Gasteiger partial charge in [0.2, 0.25) is 10.0 Å². The molecule has 3 nitrogen and oxygen atoms in total. The van der Waals surface area contributed by atoms with Crippen LogP contribution in [0.2, 0.25) is 0 Å². The predicted molar refractivity (Wildman–Crippen MR) is 51.5 cm³/mol. The Morgan fingerprint density at radius 3 is 1.92 bits per heavy atom. The third kappa shape index (κ3) is 4.72. The summed E-state index contributed by atoms with van der Waals surface area (Å²) in [4.78, 5) is 0. The van der Waals surface area contributed by atoms with Crippen LogP contribution in [-0.4, -0.2) is 20.7 Å². The van der Waals surface area contributed by atoms with Crippen LogP contribution in [-0.2, 0) is 10.0 Å². The minimum Gasteiger partial charge on any atom is -0.213 e. The Labute approximate surface area is 75.6 Å². The highest BCUT2D eigenvalue weighted by Crippen LogP contribution is 2.12. The minimum absolute atomic E-state index is 0.0509. The van der Waals surface area contributed by atoms with E-state index >= 15 is 0 Å². The van der Waals surface area contributed by atoms with Crippen molar-refractivity contribution in [1.82, 2.24) is 4.72 Å². The first kappa shape index (κ1) is 11.9. The summed E-state index contributed by atoms with van der Waals surface area (Å²) in [7, 11) is -3.04. The van der Waals surface area contributed by atoms with E-state index in [-0.39, 0.29) is 6.04 Å². The van der Waals surface area contributed by atoms with Gasteiger partial charge in [-0.05, 0) is 12.8 Å². The van der Waals surface area contributed by atoms with Gasteiger partial charge in [0, 0.05) is 6.04 Å². The van der Waals surface area contributed by atoms with Crippen LogP contribution in [0.3, 0.4) is 0 Å². The molecule has 0 radical (unpaired) electrons. The van der Waals surface area contributed by atoms with Gasteiger partial charge in [0.15, 0.2) is 0 Å². The SMILES string of the molecule is CCC(CC)C(C)NS(C)(=O)=O. The lowest BCUT2D eigenvalue weighted by atomic mass is 9.96. The van der Waals surface area contributed by atoms with Gasteiger partial charge in [-0.3, -0.25) is 0 Å². The molecule has 0 aliphatic heterocycles. The molecule has 74 valence electrons. The molecule has 1 unspecified atom stereocenters. The Hall–Kier alpha value is -0.0900. The maximum absolute atomic E-state index is 10.9. The molecule has 4 heteroatoms. The van der Waals surface area contributed by atoms with Gasteiger partial charge < -0.3 is 0 Å². The molecule has 0 aromatic heterocycles. The second-order valence-electron chi connectivity index (χ2n) is 3.26. The first-order valence-corrected chi connectivity index (χ1v) is 6.27. The van der Waals surface area contributed by atoms with Crippen LogP contribution < -0.4 is 4.72 Å². The summed E-state index contributed by atoms with van der Waals surface area (Å²) >= 11 is 0. The second-order valence-corrected chi connectivity index (χ2v) is 5.04. The average molecular weight is 193 g/mol. The van der Waals surface area contributed by atoms with Crippen molar-refractivity contribution in [3.63, 3.8) is 0 Å². The highest BCUT2D eigenvalue weighted by molar-refractivity contribution is 7.88. The molecule has 0 aromatic carbocycles. The zero-order chi connectivity index (χ0) is 9.78. The number of hydrogen-bond acceptors (Lipinski definition) is 2. The first-order valence-electron chi connectivity index (χ1n) is 4.38. The van der Waals surface area contributed by atoms with Crippen molar-refractivity contribution in [3.8, 4) is 0 Å². The van der Waals surface area contributed by atoms with Gasteiger partial charge in [0.05, 0.1) is 6.26 Å². The molecule has 0 rings (SSSR count). The van der Waals surface area contributed by atoms with Gasteiger partial charge in [0.25, 0.3) is 0 Å². The molecule has 0 heterocycles. The maximum Gasteiger partial charge on any atom is 0.208 e. The lowest BCUT2D eigenvalue weighted by Crippen LogP contribution is -2.36. The Morgan fingerprint density at radius 1 is 1.25 bits per heavy atom. The van der Waals surface area contributed by atoms with E-state index in [0.29, 0.717) is 5.92 Å². The van der Waals surface area contributed by atoms with E-state index in [1.165, 1.54) is 6.26 Å². The summed E-state index contributed by atoms with van der Waals surface area (Å²) in [5.41, 5.74) is 0. The van der Waals surface area contributed by atoms with E-state index in [4.69, 9.17) is 0 Å². The molecule has 0 aromatic rings. The van der Waals surface area contributed by atoms with E-state index in [9.17, 15) is 8.42 Å². The monoisotopic (exact) mass is 193 g/mol. The zero-order valence-corrected chi connectivity index (χ0v) is 9.11. The number of sulfonamides is 1. The molecule has 0 bridgehead atoms. The van der Waals surface area contributed by atoms with Crippen molar-refractivity contribution in [2.24, 2.45) is 5.92 Å². The Bertz CT molecular complexity index is 207. The fourth-order valence-electron chi connectivity index (χ4n) is 1.43. The van der Waals surface area contributed by atoms with Gasteiger partial charge in [-0.1, -0.05) is 26.7 Å². The molecular weight excluding hydrogens is 174 g/mol. The van der Waals surface area contributed by atoms with Crippen molar-refractivity contribution >= 4 is 10.0 Å². The fraction of sp³-hybridized carbons (Fsp3) is 1.00. The summed E-state index contributed by atoms with van der Waals surface area (Å²) in [5.74, 6) is 0.444. The van der Waals surface area contributed by atoms with E-state index in [1.807, 2.05) is 6.92 Å². The van der Waals surface area contributed by atoms with Crippen molar-refractivity contribution in [2.45, 2.75) is 39.7 Å². The number of rotatable bonds is 5. The van der Waals surface area contributed by atoms with E-state index in [2.05, 4.69) is 18.6 Å². The van der Waals surface area contributed by atoms with Crippen molar-refractivity contribution in [2.75, 3.05) is 6.26 Å². The van der Waals surface area contributed by atoms with Crippen LogP contribution in [0.25, 0.3) is 0 Å². The molecule has 0 saturated heterocycles. The molecule has 12 heavy (non-hydrogen) atoms. The van der Waals surface area contributed by atoms with E-state index in [1.54, 1.807) is 0 Å². The Balaban J connectivity index is 4.10. The van der Waals surface area contributed by atoms with Gasteiger partial charge in [-0.25, -0.2) is 13.1 Å². The Morgan fingerprint density at radius 2 is 1.67 bits per heavy atom. The smallest absolute Gasteiger partial charge is 0.208 e. The van der Waals surface area contributed by atoms with Crippen molar-refractivity contribution in [3.05, 3.63) is 0 Å². The topological polar surface area (TPSA) is 46.2 Å². The van der Waals surface area contributed by atoms with Crippen molar-refractivity contribution in [1.29, 1.82) is 0 Å². The third-order valence-corrected chi connectivity index (χ3v) is 2.96. The summed E-state index contributed by atoms with van der Waals surface area (Å²) in [6, 6.07) is 0.0509. The standard InChI is InChI=1S/C8H19NO2S/c1-5-8(6-2)7(3)9-12(4,10)11/h7-9H,5-6H2,1-4H3. The average Bonchev–Trinajstić information content (AvgIpc) is 1.85. The number of hydrogen-bond donors (Lipinski definition) is 1. The second kappa shape index (κ2) is 4.82. The molecule has 0 fully saturated rings. The van der Waals surface area contributed by atoms with Gasteiger partial charge >= 0.3 is 0 Å². The van der Waals surface area contributed by atoms with Gasteiger partial charge in [0.1, 0.15) is 0 Å². The van der Waals surface area contributed by atoms with E-state index in [0.717, 1.165) is 12.8 Å². The van der Waals surface area contributed by atoms with Gasteiger partial charge in [-0.15, -0.1) is 0 Å². The van der Waals surface area contributed by atoms with Crippen LogP contribution in [0.4, 0.5) is 0 Å². The van der Waals surface area contributed by atoms with Crippen LogP contribution in [0.1, 0.15) is 33.6 Å². The fourth-order valence-corrected chi connectivity index (χ4v) is 2.30. The lowest BCUT2D eigenvalue weighted by Gasteiger charge is -2.21. The molecule has 1 atom stereocenters. The number of nitrogens with one attached hydrogen (secondary N) is 1. The normalized spacial score (nSPS) is 15.1. The molecule has 1 N–H and O–H groups in total. The largest absolute Gasteiger partial charge is 0.213 e. The van der Waals surface area contributed by atoms with Crippen LogP contribution in [0, 0.1) is 5.92 Å². The minimum atomic E-state index is -3.04. The molecule has 0 aliphatic rings. The Kier molecular flexibility index (Phi) is 4.78. The van der Waals surface area contributed by atoms with E-state index < -0.39 is 10.0 Å². The molecular formula is C8H19NO2S. The summed E-state index contributed by atoms with van der Waals surface area (Å²) in [6.45, 7) is 6.07. The van der Waals surface area contributed by atoms with Gasteiger partial charge in [-0.2, -0.15) is 0 Å². The van der Waals surface area contributed by atoms with Crippen LogP contribution >= 0.6 is 0 Å². The maximum atomic E-state index is 10.9. The predicted octanol–water partition coefficient (Wildman–Crippen LogP) is 1.36. The van der Waals surface area contributed by atoms with Crippen LogP contribution in [0.5, 0.6) is 0 Å². The molecule has 0 spiro atoms. The molecule has 0 amide bonds. The lowest BCUT2D eigenvalue weighted by molar-refractivity contribution is 0.391. The highest BCUT2D eigenvalue weighted by atomic mass is 32.2. The zero-order valence-electron chi connectivity index (χ0n) is 8.29. The third-order valence-electron chi connectivity index (χ3n) is 2.16. The molecule has 0 saturated carbocycles.